The molecule has 2 aromatic carbocycles. The Bertz CT molecular complexity index is 563. The standard InChI is InChI=1S/C19H22O2/c1-3-16-10-7-11-18(12-16)13-19(20)15(2)21-14-17-8-5-4-6-9-17/h3-12,15,19-20H,1,13-14H2,2H3/t15-,19+/m1/s1. The van der Waals surface area contributed by atoms with Gasteiger partial charge in [-0.15, -0.1) is 0 Å². The van der Waals surface area contributed by atoms with Gasteiger partial charge in [-0.25, -0.2) is 0 Å². The lowest BCUT2D eigenvalue weighted by Crippen LogP contribution is -2.28. The second kappa shape index (κ2) is 7.77. The predicted octanol–water partition coefficient (Wildman–Crippen LogP) is 3.84. The summed E-state index contributed by atoms with van der Waals surface area (Å²) >= 11 is 0. The molecule has 0 radical (unpaired) electrons. The van der Waals surface area contributed by atoms with E-state index in [-0.39, 0.29) is 6.10 Å². The molecule has 0 saturated heterocycles. The number of aliphatic hydroxyl groups excluding tert-OH is 1. The SMILES string of the molecule is C=Cc1cccc(C[C@H](O)[C@@H](C)OCc2ccccc2)c1. The fourth-order valence-electron chi connectivity index (χ4n) is 2.17. The van der Waals surface area contributed by atoms with Gasteiger partial charge in [0.25, 0.3) is 0 Å². The van der Waals surface area contributed by atoms with Gasteiger partial charge in [-0.2, -0.15) is 0 Å². The topological polar surface area (TPSA) is 29.5 Å². The lowest BCUT2D eigenvalue weighted by molar-refractivity contribution is -0.0344. The maximum Gasteiger partial charge on any atom is 0.0839 e. The third-order valence-electron chi connectivity index (χ3n) is 3.53. The van der Waals surface area contributed by atoms with E-state index in [1.165, 1.54) is 0 Å². The molecule has 0 spiro atoms. The zero-order valence-corrected chi connectivity index (χ0v) is 12.4. The van der Waals surface area contributed by atoms with E-state index in [4.69, 9.17) is 4.74 Å². The normalized spacial score (nSPS) is 13.6. The van der Waals surface area contributed by atoms with Crippen molar-refractivity contribution in [3.8, 4) is 0 Å². The summed E-state index contributed by atoms with van der Waals surface area (Å²) in [6, 6.07) is 18.0. The highest BCUT2D eigenvalue weighted by Gasteiger charge is 2.15. The van der Waals surface area contributed by atoms with Gasteiger partial charge in [-0.3, -0.25) is 0 Å². The van der Waals surface area contributed by atoms with Crippen molar-refractivity contribution in [1.29, 1.82) is 0 Å². The molecular formula is C19H22O2. The van der Waals surface area contributed by atoms with E-state index in [2.05, 4.69) is 6.58 Å². The van der Waals surface area contributed by atoms with Crippen molar-refractivity contribution in [2.24, 2.45) is 0 Å². The first-order valence-electron chi connectivity index (χ1n) is 7.24. The largest absolute Gasteiger partial charge is 0.390 e. The molecule has 0 fully saturated rings. The molecule has 0 amide bonds. The molecule has 21 heavy (non-hydrogen) atoms. The molecule has 2 aromatic rings. The lowest BCUT2D eigenvalue weighted by atomic mass is 10.0. The molecular weight excluding hydrogens is 260 g/mol. The number of hydrogen-bond acceptors (Lipinski definition) is 2. The Morgan fingerprint density at radius 2 is 1.81 bits per heavy atom. The number of hydrogen-bond donors (Lipinski definition) is 1. The van der Waals surface area contributed by atoms with Crippen molar-refractivity contribution in [3.63, 3.8) is 0 Å². The minimum absolute atomic E-state index is 0.211. The van der Waals surface area contributed by atoms with E-state index in [1.807, 2.05) is 67.6 Å². The van der Waals surface area contributed by atoms with E-state index in [0.717, 1.165) is 16.7 Å². The summed E-state index contributed by atoms with van der Waals surface area (Å²) in [6.45, 7) is 6.19. The van der Waals surface area contributed by atoms with Crippen LogP contribution in [-0.2, 0) is 17.8 Å². The van der Waals surface area contributed by atoms with E-state index in [0.29, 0.717) is 13.0 Å². The quantitative estimate of drug-likeness (QED) is 0.836. The first kappa shape index (κ1) is 15.5. The highest BCUT2D eigenvalue weighted by atomic mass is 16.5. The number of rotatable bonds is 7. The smallest absolute Gasteiger partial charge is 0.0839 e. The molecule has 0 heterocycles. The van der Waals surface area contributed by atoms with Gasteiger partial charge in [0, 0.05) is 6.42 Å². The maximum absolute atomic E-state index is 10.3. The zero-order valence-electron chi connectivity index (χ0n) is 12.4. The summed E-state index contributed by atoms with van der Waals surface area (Å²) in [4.78, 5) is 0. The summed E-state index contributed by atoms with van der Waals surface area (Å²) in [5.41, 5.74) is 3.28. The van der Waals surface area contributed by atoms with Crippen LogP contribution in [0.2, 0.25) is 0 Å². The number of aliphatic hydroxyl groups is 1. The molecule has 2 atom stereocenters. The van der Waals surface area contributed by atoms with Gasteiger partial charge in [0.15, 0.2) is 0 Å². The Kier molecular flexibility index (Phi) is 5.73. The monoisotopic (exact) mass is 282 g/mol. The first-order chi connectivity index (χ1) is 10.2. The van der Waals surface area contributed by atoms with Crippen LogP contribution in [-0.4, -0.2) is 17.3 Å². The molecule has 0 unspecified atom stereocenters. The molecule has 1 N–H and O–H groups in total. The molecule has 0 aromatic heterocycles. The molecule has 2 nitrogen and oxygen atoms in total. The van der Waals surface area contributed by atoms with Gasteiger partial charge in [0.05, 0.1) is 18.8 Å². The predicted molar refractivity (Wildman–Crippen MR) is 86.9 cm³/mol. The summed E-state index contributed by atoms with van der Waals surface area (Å²) in [7, 11) is 0. The Morgan fingerprint density at radius 1 is 1.10 bits per heavy atom. The highest BCUT2D eigenvalue weighted by Crippen LogP contribution is 2.13. The molecule has 0 bridgehead atoms. The Labute approximate surface area is 126 Å². The number of benzene rings is 2. The first-order valence-corrected chi connectivity index (χ1v) is 7.24. The van der Waals surface area contributed by atoms with Crippen LogP contribution in [0.15, 0.2) is 61.2 Å². The molecule has 0 aliphatic heterocycles. The van der Waals surface area contributed by atoms with Gasteiger partial charge in [0.2, 0.25) is 0 Å². The molecule has 110 valence electrons. The lowest BCUT2D eigenvalue weighted by Gasteiger charge is -2.20. The van der Waals surface area contributed by atoms with Crippen LogP contribution in [0.25, 0.3) is 6.08 Å². The van der Waals surface area contributed by atoms with Crippen LogP contribution < -0.4 is 0 Å². The van der Waals surface area contributed by atoms with Crippen molar-refractivity contribution < 1.29 is 9.84 Å². The second-order valence-electron chi connectivity index (χ2n) is 5.22. The van der Waals surface area contributed by atoms with Crippen molar-refractivity contribution in [3.05, 3.63) is 77.9 Å². The van der Waals surface area contributed by atoms with Crippen molar-refractivity contribution in [2.45, 2.75) is 32.2 Å². The Balaban J connectivity index is 1.87. The van der Waals surface area contributed by atoms with Crippen molar-refractivity contribution in [2.75, 3.05) is 0 Å². The summed E-state index contributed by atoms with van der Waals surface area (Å²) in [5.74, 6) is 0. The van der Waals surface area contributed by atoms with Gasteiger partial charge in [-0.05, 0) is 23.6 Å². The maximum atomic E-state index is 10.3. The van der Waals surface area contributed by atoms with Gasteiger partial charge in [0.1, 0.15) is 0 Å². The van der Waals surface area contributed by atoms with E-state index in [9.17, 15) is 5.11 Å². The number of ether oxygens (including phenoxy) is 1. The highest BCUT2D eigenvalue weighted by molar-refractivity contribution is 5.47. The van der Waals surface area contributed by atoms with Crippen LogP contribution in [0.1, 0.15) is 23.6 Å². The second-order valence-corrected chi connectivity index (χ2v) is 5.22. The average Bonchev–Trinajstić information content (AvgIpc) is 2.53. The molecule has 2 heteroatoms. The van der Waals surface area contributed by atoms with Crippen LogP contribution >= 0.6 is 0 Å². The minimum Gasteiger partial charge on any atom is -0.390 e. The van der Waals surface area contributed by atoms with Crippen LogP contribution in [0.5, 0.6) is 0 Å². The molecule has 0 aliphatic carbocycles. The zero-order chi connectivity index (χ0) is 15.1. The van der Waals surface area contributed by atoms with Crippen molar-refractivity contribution in [1.82, 2.24) is 0 Å². The molecule has 0 aliphatic rings. The molecule has 0 saturated carbocycles. The van der Waals surface area contributed by atoms with E-state index in [1.54, 1.807) is 0 Å². The average molecular weight is 282 g/mol. The van der Waals surface area contributed by atoms with E-state index >= 15 is 0 Å². The third-order valence-corrected chi connectivity index (χ3v) is 3.53. The van der Waals surface area contributed by atoms with E-state index < -0.39 is 6.10 Å². The van der Waals surface area contributed by atoms with Gasteiger partial charge < -0.3 is 9.84 Å². The minimum atomic E-state index is -0.520. The van der Waals surface area contributed by atoms with Crippen LogP contribution in [0, 0.1) is 0 Å². The van der Waals surface area contributed by atoms with Gasteiger partial charge >= 0.3 is 0 Å². The van der Waals surface area contributed by atoms with Crippen molar-refractivity contribution >= 4 is 6.08 Å². The molecule has 2 rings (SSSR count). The van der Waals surface area contributed by atoms with Gasteiger partial charge in [-0.1, -0.05) is 67.3 Å². The Morgan fingerprint density at radius 3 is 2.52 bits per heavy atom. The fraction of sp³-hybridized carbons (Fsp3) is 0.263. The van der Waals surface area contributed by atoms with Crippen LogP contribution in [0.4, 0.5) is 0 Å². The summed E-state index contributed by atoms with van der Waals surface area (Å²) in [5, 5.41) is 10.3. The Hall–Kier alpha value is -1.90. The van der Waals surface area contributed by atoms with Crippen LogP contribution in [0.3, 0.4) is 0 Å². The summed E-state index contributed by atoms with van der Waals surface area (Å²) in [6.07, 6.45) is 1.66. The fourth-order valence-corrected chi connectivity index (χ4v) is 2.17. The third kappa shape index (κ3) is 4.85. The summed E-state index contributed by atoms with van der Waals surface area (Å²) < 4.78 is 5.75.